The van der Waals surface area contributed by atoms with Crippen LogP contribution in [0.4, 0.5) is 0 Å². The molecule has 5 heteroatoms. The van der Waals surface area contributed by atoms with E-state index in [9.17, 15) is 9.59 Å². The van der Waals surface area contributed by atoms with Gasteiger partial charge >= 0.3 is 11.9 Å². The molecule has 17 heavy (non-hydrogen) atoms. The lowest BCUT2D eigenvalue weighted by Gasteiger charge is -2.00. The van der Waals surface area contributed by atoms with Crippen LogP contribution in [-0.2, 0) is 14.3 Å². The molecule has 1 N–H and O–H groups in total. The largest absolute Gasteiger partial charge is 0.482 e. The predicted octanol–water partition coefficient (Wildman–Crippen LogP) is 1.72. The van der Waals surface area contributed by atoms with Gasteiger partial charge in [-0.05, 0) is 19.1 Å². The number of hydrogen-bond donors (Lipinski definition) is 1. The summed E-state index contributed by atoms with van der Waals surface area (Å²) < 4.78 is 9.27. The lowest BCUT2D eigenvalue weighted by molar-refractivity contribution is -0.140. The monoisotopic (exact) mass is 240 g/mol. The third-order valence-electron chi connectivity index (χ3n) is 1.45. The predicted molar refractivity (Wildman–Crippen MR) is 61.9 cm³/mol. The Hall–Kier alpha value is -2.04. The molecule has 0 aromatic heterocycles. The van der Waals surface area contributed by atoms with Gasteiger partial charge in [0.2, 0.25) is 0 Å². The topological polar surface area (TPSA) is 72.8 Å². The van der Waals surface area contributed by atoms with Crippen molar-refractivity contribution in [3.8, 4) is 5.75 Å². The summed E-state index contributed by atoms with van der Waals surface area (Å²) in [5.41, 5.74) is 0. The van der Waals surface area contributed by atoms with Crippen LogP contribution in [0.25, 0.3) is 0 Å². The maximum absolute atomic E-state index is 10.0. The zero-order chi connectivity index (χ0) is 13.1. The van der Waals surface area contributed by atoms with Crippen LogP contribution in [0.3, 0.4) is 0 Å². The minimum Gasteiger partial charge on any atom is -0.482 e. The van der Waals surface area contributed by atoms with Gasteiger partial charge in [-0.25, -0.2) is 4.79 Å². The quantitative estimate of drug-likeness (QED) is 0.811. The highest BCUT2D eigenvalue weighted by Gasteiger charge is 1.96. The Morgan fingerprint density at radius 2 is 1.82 bits per heavy atom. The first kappa shape index (κ1) is 15.0. The molecule has 0 unspecified atom stereocenters. The summed E-state index contributed by atoms with van der Waals surface area (Å²) in [4.78, 5) is 19.9. The maximum atomic E-state index is 10.0. The number of esters is 1. The van der Waals surface area contributed by atoms with Gasteiger partial charge in [0.15, 0.2) is 6.61 Å². The van der Waals surface area contributed by atoms with Crippen molar-refractivity contribution in [3.63, 3.8) is 0 Å². The average molecular weight is 240 g/mol. The standard InChI is InChI=1S/C8H8O3.C4H8O2/c9-8(10)6-11-7-4-2-1-3-5-7;1-3-6-4(2)5/h1-5H,6H2,(H,9,10);3H2,1-2H3. The van der Waals surface area contributed by atoms with Gasteiger partial charge in [-0.2, -0.15) is 0 Å². The number of carboxylic acid groups (broad SMARTS) is 1. The van der Waals surface area contributed by atoms with Gasteiger partial charge in [0.1, 0.15) is 5.75 Å². The number of aliphatic carboxylic acids is 1. The van der Waals surface area contributed by atoms with Gasteiger partial charge in [0, 0.05) is 6.92 Å². The zero-order valence-corrected chi connectivity index (χ0v) is 9.88. The van der Waals surface area contributed by atoms with Crippen LogP contribution in [0.15, 0.2) is 30.3 Å². The molecule has 0 aliphatic carbocycles. The van der Waals surface area contributed by atoms with Gasteiger partial charge in [0.05, 0.1) is 6.61 Å². The number of rotatable bonds is 4. The molecule has 0 radical (unpaired) electrons. The van der Waals surface area contributed by atoms with E-state index >= 15 is 0 Å². The molecule has 0 aliphatic heterocycles. The van der Waals surface area contributed by atoms with Crippen molar-refractivity contribution in [2.45, 2.75) is 13.8 Å². The van der Waals surface area contributed by atoms with Crippen molar-refractivity contribution in [2.75, 3.05) is 13.2 Å². The summed E-state index contributed by atoms with van der Waals surface area (Å²) in [6, 6.07) is 8.84. The Morgan fingerprint density at radius 1 is 1.24 bits per heavy atom. The zero-order valence-electron chi connectivity index (χ0n) is 9.88. The highest BCUT2D eigenvalue weighted by Crippen LogP contribution is 2.07. The highest BCUT2D eigenvalue weighted by molar-refractivity contribution is 5.68. The van der Waals surface area contributed by atoms with Gasteiger partial charge in [-0.3, -0.25) is 4.79 Å². The van der Waals surface area contributed by atoms with E-state index in [0.29, 0.717) is 12.4 Å². The summed E-state index contributed by atoms with van der Waals surface area (Å²) in [6.07, 6.45) is 0. The lowest BCUT2D eigenvalue weighted by Crippen LogP contribution is -2.09. The maximum Gasteiger partial charge on any atom is 0.341 e. The third-order valence-corrected chi connectivity index (χ3v) is 1.45. The molecule has 94 valence electrons. The van der Waals surface area contributed by atoms with Gasteiger partial charge < -0.3 is 14.6 Å². The molecule has 0 fully saturated rings. The number of ether oxygens (including phenoxy) is 2. The number of carbonyl (C=O) groups is 2. The molecule has 0 aliphatic rings. The summed E-state index contributed by atoms with van der Waals surface area (Å²) in [5, 5.41) is 8.25. The van der Waals surface area contributed by atoms with Crippen molar-refractivity contribution in [1.82, 2.24) is 0 Å². The second kappa shape index (κ2) is 9.21. The molecule has 0 heterocycles. The van der Waals surface area contributed by atoms with Crippen LogP contribution >= 0.6 is 0 Å². The van der Waals surface area contributed by atoms with Gasteiger partial charge in [0.25, 0.3) is 0 Å². The number of carbonyl (C=O) groups excluding carboxylic acids is 1. The van der Waals surface area contributed by atoms with Crippen molar-refractivity contribution in [1.29, 1.82) is 0 Å². The van der Waals surface area contributed by atoms with Crippen LogP contribution in [0.5, 0.6) is 5.75 Å². The summed E-state index contributed by atoms with van der Waals surface area (Å²) in [5.74, 6) is -0.596. The summed E-state index contributed by atoms with van der Waals surface area (Å²) >= 11 is 0. The minimum atomic E-state index is -0.964. The van der Waals surface area contributed by atoms with Crippen molar-refractivity contribution >= 4 is 11.9 Å². The molecule has 5 nitrogen and oxygen atoms in total. The Kier molecular flexibility index (Phi) is 8.10. The first-order valence-corrected chi connectivity index (χ1v) is 5.09. The highest BCUT2D eigenvalue weighted by atomic mass is 16.5. The average Bonchev–Trinajstić information content (AvgIpc) is 2.28. The van der Waals surface area contributed by atoms with E-state index < -0.39 is 5.97 Å². The fourth-order valence-electron chi connectivity index (χ4n) is 0.865. The van der Waals surface area contributed by atoms with Crippen LogP contribution < -0.4 is 4.74 Å². The second-order valence-corrected chi connectivity index (χ2v) is 2.92. The van der Waals surface area contributed by atoms with E-state index in [1.54, 1.807) is 31.2 Å². The molecule has 1 rings (SSSR count). The Bertz CT molecular complexity index is 334. The molecule has 0 saturated heterocycles. The van der Waals surface area contributed by atoms with Gasteiger partial charge in [-0.1, -0.05) is 18.2 Å². The van der Waals surface area contributed by atoms with Crippen LogP contribution in [-0.4, -0.2) is 30.3 Å². The number of benzene rings is 1. The van der Waals surface area contributed by atoms with E-state index in [0.717, 1.165) is 0 Å². The van der Waals surface area contributed by atoms with Crippen LogP contribution in [0.2, 0.25) is 0 Å². The van der Waals surface area contributed by atoms with Gasteiger partial charge in [-0.15, -0.1) is 0 Å². The van der Waals surface area contributed by atoms with E-state index in [-0.39, 0.29) is 12.6 Å². The fraction of sp³-hybridized carbons (Fsp3) is 0.333. The number of carboxylic acids is 1. The first-order valence-electron chi connectivity index (χ1n) is 5.09. The molecule has 1 aromatic rings. The molecule has 0 spiro atoms. The molecule has 0 amide bonds. The SMILES string of the molecule is CCOC(C)=O.O=C(O)COc1ccccc1. The van der Waals surface area contributed by atoms with Crippen LogP contribution in [0.1, 0.15) is 13.8 Å². The van der Waals surface area contributed by atoms with E-state index in [1.165, 1.54) is 6.92 Å². The number of para-hydroxylation sites is 1. The Morgan fingerprint density at radius 3 is 2.18 bits per heavy atom. The van der Waals surface area contributed by atoms with E-state index in [1.807, 2.05) is 6.07 Å². The fourth-order valence-corrected chi connectivity index (χ4v) is 0.865. The van der Waals surface area contributed by atoms with Crippen molar-refractivity contribution < 1.29 is 24.2 Å². The summed E-state index contributed by atoms with van der Waals surface area (Å²) in [7, 11) is 0. The number of hydrogen-bond acceptors (Lipinski definition) is 4. The smallest absolute Gasteiger partial charge is 0.341 e. The molecule has 0 saturated carbocycles. The normalized spacial score (nSPS) is 8.59. The first-order chi connectivity index (χ1) is 8.06. The molecule has 0 bridgehead atoms. The molecule has 0 atom stereocenters. The molecular formula is C12H16O5. The Labute approximate surface area is 100.0 Å². The minimum absolute atomic E-state index is 0.211. The molecule has 1 aromatic carbocycles. The van der Waals surface area contributed by atoms with E-state index in [4.69, 9.17) is 9.84 Å². The third kappa shape index (κ3) is 10.2. The van der Waals surface area contributed by atoms with Crippen LogP contribution in [0, 0.1) is 0 Å². The lowest BCUT2D eigenvalue weighted by atomic mass is 10.3. The Balaban J connectivity index is 0.000000366. The van der Waals surface area contributed by atoms with Crippen molar-refractivity contribution in [2.24, 2.45) is 0 Å². The van der Waals surface area contributed by atoms with Crippen molar-refractivity contribution in [3.05, 3.63) is 30.3 Å². The summed E-state index contributed by atoms with van der Waals surface area (Å²) in [6.45, 7) is 3.37. The molecular weight excluding hydrogens is 224 g/mol. The van der Waals surface area contributed by atoms with E-state index in [2.05, 4.69) is 4.74 Å². The second-order valence-electron chi connectivity index (χ2n) is 2.92.